The molecule has 2 saturated heterocycles. The molecular formula is C18H24FN7O3. The lowest BCUT2D eigenvalue weighted by Gasteiger charge is -2.30. The summed E-state index contributed by atoms with van der Waals surface area (Å²) in [5, 5.41) is 10.2. The quantitative estimate of drug-likeness (QED) is 0.371. The third-order valence-electron chi connectivity index (χ3n) is 4.68. The molecule has 3 rings (SSSR count). The standard InChI is InChI=1S/C18H24FN7O3/c1-11(27)22-9-14-10-26(18(28)29-14)13-2-3-16(15(19)8-13)25-6-4-12(5-7-25)23-24-17(20)21/h2-3,8,14H,4-7,9-10H2,1H3,(H,22,27)(H4,20,21,24)/t14-/m0/s1. The van der Waals surface area contributed by atoms with Crippen LogP contribution in [0.15, 0.2) is 28.4 Å². The first-order valence-electron chi connectivity index (χ1n) is 9.25. The van der Waals surface area contributed by atoms with Gasteiger partial charge in [0.2, 0.25) is 11.9 Å². The third-order valence-corrected chi connectivity index (χ3v) is 4.68. The highest BCUT2D eigenvalue weighted by Crippen LogP contribution is 2.29. The monoisotopic (exact) mass is 405 g/mol. The summed E-state index contributed by atoms with van der Waals surface area (Å²) in [5.41, 5.74) is 12.3. The van der Waals surface area contributed by atoms with Crippen LogP contribution in [0.1, 0.15) is 19.8 Å². The van der Waals surface area contributed by atoms with Gasteiger partial charge in [0.05, 0.1) is 24.5 Å². The average Bonchev–Trinajstić information content (AvgIpc) is 3.06. The molecular weight excluding hydrogens is 381 g/mol. The number of ether oxygens (including phenoxy) is 1. The molecule has 0 unspecified atom stereocenters. The first-order valence-corrected chi connectivity index (χ1v) is 9.25. The predicted molar refractivity (Wildman–Crippen MR) is 107 cm³/mol. The number of nitrogens with two attached hydrogens (primary N) is 2. The smallest absolute Gasteiger partial charge is 0.414 e. The fourth-order valence-corrected chi connectivity index (χ4v) is 3.25. The van der Waals surface area contributed by atoms with Crippen molar-refractivity contribution < 1.29 is 18.7 Å². The number of halogens is 1. The fourth-order valence-electron chi connectivity index (χ4n) is 3.25. The Hall–Kier alpha value is -3.37. The van der Waals surface area contributed by atoms with Crippen molar-refractivity contribution in [1.29, 1.82) is 0 Å². The molecule has 1 aromatic rings. The molecule has 2 amide bonds. The van der Waals surface area contributed by atoms with E-state index >= 15 is 0 Å². The van der Waals surface area contributed by atoms with Gasteiger partial charge in [-0.25, -0.2) is 9.18 Å². The van der Waals surface area contributed by atoms with E-state index in [0.717, 1.165) is 5.71 Å². The van der Waals surface area contributed by atoms with Gasteiger partial charge in [-0.15, -0.1) is 5.10 Å². The Kier molecular flexibility index (Phi) is 6.15. The van der Waals surface area contributed by atoms with Gasteiger partial charge >= 0.3 is 6.09 Å². The maximum atomic E-state index is 14.8. The van der Waals surface area contributed by atoms with Crippen LogP contribution in [0.25, 0.3) is 0 Å². The average molecular weight is 405 g/mol. The van der Waals surface area contributed by atoms with Crippen molar-refractivity contribution in [2.45, 2.75) is 25.9 Å². The van der Waals surface area contributed by atoms with Crippen LogP contribution in [0.4, 0.5) is 20.6 Å². The summed E-state index contributed by atoms with van der Waals surface area (Å²) in [7, 11) is 0. The van der Waals surface area contributed by atoms with Crippen LogP contribution in [0.5, 0.6) is 0 Å². The zero-order chi connectivity index (χ0) is 21.0. The van der Waals surface area contributed by atoms with E-state index in [9.17, 15) is 14.0 Å². The topological polar surface area (TPSA) is 139 Å². The second-order valence-electron chi connectivity index (χ2n) is 6.87. The van der Waals surface area contributed by atoms with Gasteiger partial charge in [0.25, 0.3) is 0 Å². The molecule has 0 radical (unpaired) electrons. The summed E-state index contributed by atoms with van der Waals surface area (Å²) >= 11 is 0. The first-order chi connectivity index (χ1) is 13.8. The minimum absolute atomic E-state index is 0.0960. The minimum atomic E-state index is -0.564. The number of nitrogens with one attached hydrogen (secondary N) is 1. The molecule has 0 aliphatic carbocycles. The van der Waals surface area contributed by atoms with Crippen molar-refractivity contribution in [2.24, 2.45) is 21.7 Å². The number of benzene rings is 1. The molecule has 5 N–H and O–H groups in total. The van der Waals surface area contributed by atoms with Gasteiger partial charge in [0.15, 0.2) is 0 Å². The molecule has 0 saturated carbocycles. The Morgan fingerprint density at radius 1 is 1.34 bits per heavy atom. The number of rotatable bonds is 5. The lowest BCUT2D eigenvalue weighted by molar-refractivity contribution is -0.119. The van der Waals surface area contributed by atoms with Crippen molar-refractivity contribution in [3.63, 3.8) is 0 Å². The predicted octanol–water partition coefficient (Wildman–Crippen LogP) is 0.517. The maximum Gasteiger partial charge on any atom is 0.414 e. The summed E-state index contributed by atoms with van der Waals surface area (Å²) in [6.07, 6.45) is 0.216. The maximum absolute atomic E-state index is 14.8. The van der Waals surface area contributed by atoms with Crippen molar-refractivity contribution in [1.82, 2.24) is 5.32 Å². The Morgan fingerprint density at radius 3 is 2.69 bits per heavy atom. The second kappa shape index (κ2) is 8.76. The number of hydrogen-bond donors (Lipinski definition) is 3. The number of piperidine rings is 1. The van der Waals surface area contributed by atoms with E-state index in [4.69, 9.17) is 16.2 Å². The van der Waals surface area contributed by atoms with Crippen molar-refractivity contribution in [3.05, 3.63) is 24.0 Å². The van der Waals surface area contributed by atoms with Gasteiger partial charge in [0, 0.05) is 38.6 Å². The molecule has 29 heavy (non-hydrogen) atoms. The van der Waals surface area contributed by atoms with E-state index in [1.807, 2.05) is 4.90 Å². The Labute approximate surface area is 167 Å². The molecule has 2 aliphatic rings. The summed E-state index contributed by atoms with van der Waals surface area (Å²) in [5.74, 6) is -0.727. The second-order valence-corrected chi connectivity index (χ2v) is 6.87. The van der Waals surface area contributed by atoms with Crippen LogP contribution >= 0.6 is 0 Å². The highest BCUT2D eigenvalue weighted by molar-refractivity contribution is 5.90. The number of carbonyl (C=O) groups excluding carboxylic acids is 2. The Morgan fingerprint density at radius 2 is 2.07 bits per heavy atom. The van der Waals surface area contributed by atoms with Crippen LogP contribution in [0.3, 0.4) is 0 Å². The first kappa shape index (κ1) is 20.4. The number of guanidine groups is 1. The minimum Gasteiger partial charge on any atom is -0.442 e. The number of hydrogen-bond acceptors (Lipinski definition) is 6. The molecule has 1 aromatic carbocycles. The van der Waals surface area contributed by atoms with Crippen molar-refractivity contribution >= 4 is 35.0 Å². The fraction of sp³-hybridized carbons (Fsp3) is 0.444. The van der Waals surface area contributed by atoms with E-state index in [0.29, 0.717) is 37.3 Å². The Bertz CT molecular complexity index is 844. The Balaban J connectivity index is 1.64. The van der Waals surface area contributed by atoms with E-state index in [-0.39, 0.29) is 25.0 Å². The van der Waals surface area contributed by atoms with Gasteiger partial charge in [-0.3, -0.25) is 9.69 Å². The number of cyclic esters (lactones) is 1. The highest BCUT2D eigenvalue weighted by atomic mass is 19.1. The largest absolute Gasteiger partial charge is 0.442 e. The summed E-state index contributed by atoms with van der Waals surface area (Å²) in [6.45, 7) is 3.01. The van der Waals surface area contributed by atoms with Gasteiger partial charge in [-0.2, -0.15) is 5.10 Å². The van der Waals surface area contributed by atoms with Gasteiger partial charge in [-0.1, -0.05) is 0 Å². The molecule has 2 heterocycles. The summed E-state index contributed by atoms with van der Waals surface area (Å²) in [4.78, 5) is 26.4. The molecule has 0 aromatic heterocycles. The van der Waals surface area contributed by atoms with Gasteiger partial charge in [0.1, 0.15) is 11.9 Å². The molecule has 11 heteroatoms. The van der Waals surface area contributed by atoms with Crippen LogP contribution in [-0.4, -0.2) is 56.0 Å². The molecule has 1 atom stereocenters. The van der Waals surface area contributed by atoms with Crippen LogP contribution in [0.2, 0.25) is 0 Å². The number of carbonyl (C=O) groups is 2. The van der Waals surface area contributed by atoms with Gasteiger partial charge < -0.3 is 26.4 Å². The lowest BCUT2D eigenvalue weighted by atomic mass is 10.1. The summed E-state index contributed by atoms with van der Waals surface area (Å²) < 4.78 is 20.0. The molecule has 2 aliphatic heterocycles. The zero-order valence-corrected chi connectivity index (χ0v) is 16.1. The normalized spacial score (nSPS) is 19.0. The molecule has 2 fully saturated rings. The third kappa shape index (κ3) is 5.12. The van der Waals surface area contributed by atoms with E-state index in [1.54, 1.807) is 12.1 Å². The van der Waals surface area contributed by atoms with E-state index in [1.165, 1.54) is 17.9 Å². The number of anilines is 2. The summed E-state index contributed by atoms with van der Waals surface area (Å²) in [6, 6.07) is 4.65. The lowest BCUT2D eigenvalue weighted by Crippen LogP contribution is -2.35. The number of amides is 2. The SMILES string of the molecule is CC(=O)NC[C@H]1CN(c2ccc(N3CCC(=NN=C(N)N)CC3)c(F)c2)C(=O)O1. The number of nitrogens with zero attached hydrogens (tertiary/aromatic N) is 4. The van der Waals surface area contributed by atoms with E-state index in [2.05, 4.69) is 15.5 Å². The molecule has 0 bridgehead atoms. The molecule has 0 spiro atoms. The van der Waals surface area contributed by atoms with E-state index < -0.39 is 18.0 Å². The van der Waals surface area contributed by atoms with Crippen molar-refractivity contribution in [2.75, 3.05) is 36.0 Å². The highest BCUT2D eigenvalue weighted by Gasteiger charge is 2.33. The van der Waals surface area contributed by atoms with Crippen LogP contribution in [-0.2, 0) is 9.53 Å². The zero-order valence-electron chi connectivity index (χ0n) is 16.1. The van der Waals surface area contributed by atoms with Crippen molar-refractivity contribution in [3.8, 4) is 0 Å². The molecule has 10 nitrogen and oxygen atoms in total. The van der Waals surface area contributed by atoms with Crippen LogP contribution < -0.4 is 26.6 Å². The van der Waals surface area contributed by atoms with Crippen LogP contribution in [0, 0.1) is 5.82 Å². The molecule has 156 valence electrons. The van der Waals surface area contributed by atoms with Gasteiger partial charge in [-0.05, 0) is 18.2 Å².